The van der Waals surface area contributed by atoms with Gasteiger partial charge in [0.25, 0.3) is 0 Å². The Labute approximate surface area is 141 Å². The van der Waals surface area contributed by atoms with Gasteiger partial charge in [-0.05, 0) is 18.3 Å². The van der Waals surface area contributed by atoms with E-state index in [1.165, 1.54) is 0 Å². The molecule has 6 N–H and O–H groups in total. The van der Waals surface area contributed by atoms with Gasteiger partial charge in [-0.25, -0.2) is 0 Å². The van der Waals surface area contributed by atoms with Gasteiger partial charge in [0.1, 0.15) is 12.6 Å². The van der Waals surface area contributed by atoms with E-state index in [4.69, 9.17) is 10.8 Å². The van der Waals surface area contributed by atoms with Crippen molar-refractivity contribution in [2.24, 2.45) is 17.6 Å². The van der Waals surface area contributed by atoms with Gasteiger partial charge >= 0.3 is 5.97 Å². The Bertz CT molecular complexity index is 465. The summed E-state index contributed by atoms with van der Waals surface area (Å²) in [7, 11) is 0. The smallest absolute Gasteiger partial charge is 0.322 e. The number of carbonyl (C=O) groups excluding carboxylic acids is 3. The van der Waals surface area contributed by atoms with Crippen LogP contribution in [0, 0.1) is 11.8 Å². The van der Waals surface area contributed by atoms with Gasteiger partial charge in [-0.3, -0.25) is 19.2 Å². The molecule has 0 aliphatic rings. The van der Waals surface area contributed by atoms with Crippen LogP contribution in [0.25, 0.3) is 0 Å². The minimum Gasteiger partial charge on any atom is -0.480 e. The van der Waals surface area contributed by atoms with Crippen LogP contribution in [0.2, 0.25) is 0 Å². The summed E-state index contributed by atoms with van der Waals surface area (Å²) in [5.41, 5.74) is 5.67. The van der Waals surface area contributed by atoms with Crippen molar-refractivity contribution in [1.82, 2.24) is 16.0 Å². The minimum atomic E-state index is -1.17. The summed E-state index contributed by atoms with van der Waals surface area (Å²) >= 11 is 0. The highest BCUT2D eigenvalue weighted by molar-refractivity contribution is 5.91. The SMILES string of the molecule is CC(C)C[C@H](NC(=O)CNC(=O)[C@@H](N)C(C)C)C(=O)NCC(=O)O. The first-order valence-corrected chi connectivity index (χ1v) is 7.86. The maximum absolute atomic E-state index is 12.0. The van der Waals surface area contributed by atoms with Crippen LogP contribution in [-0.4, -0.2) is 54.0 Å². The molecular weight excluding hydrogens is 316 g/mol. The fourth-order valence-corrected chi connectivity index (χ4v) is 1.82. The highest BCUT2D eigenvalue weighted by Crippen LogP contribution is 2.05. The van der Waals surface area contributed by atoms with Crippen LogP contribution < -0.4 is 21.7 Å². The number of hydrogen-bond donors (Lipinski definition) is 5. The molecule has 0 aromatic rings. The third kappa shape index (κ3) is 9.09. The zero-order valence-electron chi connectivity index (χ0n) is 14.6. The van der Waals surface area contributed by atoms with E-state index in [0.29, 0.717) is 6.42 Å². The van der Waals surface area contributed by atoms with Crippen LogP contribution in [0.4, 0.5) is 0 Å². The van der Waals surface area contributed by atoms with Gasteiger partial charge in [0.2, 0.25) is 17.7 Å². The molecule has 2 atom stereocenters. The lowest BCUT2D eigenvalue weighted by Gasteiger charge is -2.20. The van der Waals surface area contributed by atoms with Gasteiger partial charge in [-0.1, -0.05) is 27.7 Å². The zero-order chi connectivity index (χ0) is 18.9. The second-order valence-electron chi connectivity index (χ2n) is 6.35. The first-order chi connectivity index (χ1) is 11.0. The Morgan fingerprint density at radius 3 is 1.96 bits per heavy atom. The molecule has 0 saturated heterocycles. The van der Waals surface area contributed by atoms with Crippen LogP contribution in [0.15, 0.2) is 0 Å². The van der Waals surface area contributed by atoms with Gasteiger partial charge in [-0.15, -0.1) is 0 Å². The fraction of sp³-hybridized carbons (Fsp3) is 0.733. The third-order valence-electron chi connectivity index (χ3n) is 3.22. The highest BCUT2D eigenvalue weighted by Gasteiger charge is 2.23. The molecule has 0 rings (SSSR count). The highest BCUT2D eigenvalue weighted by atomic mass is 16.4. The molecule has 0 fully saturated rings. The van der Waals surface area contributed by atoms with Gasteiger partial charge in [0.15, 0.2) is 0 Å². The van der Waals surface area contributed by atoms with Crippen LogP contribution in [0.5, 0.6) is 0 Å². The molecule has 9 heteroatoms. The summed E-state index contributed by atoms with van der Waals surface area (Å²) in [5, 5.41) is 15.7. The van der Waals surface area contributed by atoms with Crippen molar-refractivity contribution >= 4 is 23.7 Å². The zero-order valence-corrected chi connectivity index (χ0v) is 14.6. The quantitative estimate of drug-likeness (QED) is 0.336. The first-order valence-electron chi connectivity index (χ1n) is 7.86. The van der Waals surface area contributed by atoms with E-state index < -0.39 is 42.3 Å². The molecular formula is C15H28N4O5. The number of aliphatic carboxylic acids is 1. The molecule has 0 aromatic heterocycles. The van der Waals surface area contributed by atoms with Crippen LogP contribution in [0.1, 0.15) is 34.1 Å². The number of rotatable bonds is 10. The van der Waals surface area contributed by atoms with Crippen molar-refractivity contribution in [2.45, 2.75) is 46.2 Å². The lowest BCUT2D eigenvalue weighted by Crippen LogP contribution is -2.52. The molecule has 0 radical (unpaired) electrons. The third-order valence-corrected chi connectivity index (χ3v) is 3.22. The minimum absolute atomic E-state index is 0.0662. The Morgan fingerprint density at radius 1 is 0.958 bits per heavy atom. The van der Waals surface area contributed by atoms with Gasteiger partial charge in [0, 0.05) is 0 Å². The van der Waals surface area contributed by atoms with E-state index in [1.807, 2.05) is 13.8 Å². The summed E-state index contributed by atoms with van der Waals surface area (Å²) in [6, 6.07) is -1.59. The number of nitrogens with one attached hydrogen (secondary N) is 3. The van der Waals surface area contributed by atoms with Gasteiger partial charge in [0.05, 0.1) is 12.6 Å². The predicted molar refractivity (Wildman–Crippen MR) is 87.9 cm³/mol. The molecule has 138 valence electrons. The number of nitrogens with two attached hydrogens (primary N) is 1. The Balaban J connectivity index is 4.56. The van der Waals surface area contributed by atoms with E-state index in [9.17, 15) is 19.2 Å². The molecule has 24 heavy (non-hydrogen) atoms. The summed E-state index contributed by atoms with van der Waals surface area (Å²) in [6.07, 6.45) is 0.344. The maximum Gasteiger partial charge on any atom is 0.322 e. The average molecular weight is 344 g/mol. The number of hydrogen-bond acceptors (Lipinski definition) is 5. The molecule has 0 spiro atoms. The van der Waals surface area contributed by atoms with E-state index in [0.717, 1.165) is 0 Å². The summed E-state index contributed by atoms with van der Waals surface area (Å²) < 4.78 is 0. The van der Waals surface area contributed by atoms with Gasteiger partial charge in [-0.2, -0.15) is 0 Å². The molecule has 0 heterocycles. The monoisotopic (exact) mass is 344 g/mol. The lowest BCUT2D eigenvalue weighted by molar-refractivity contribution is -0.138. The average Bonchev–Trinajstić information content (AvgIpc) is 2.48. The second kappa shape index (κ2) is 10.6. The number of carbonyl (C=O) groups is 4. The molecule has 9 nitrogen and oxygen atoms in total. The topological polar surface area (TPSA) is 151 Å². The Kier molecular flexibility index (Phi) is 9.63. The normalized spacial score (nSPS) is 13.3. The van der Waals surface area contributed by atoms with Crippen molar-refractivity contribution in [3.63, 3.8) is 0 Å². The summed E-state index contributed by atoms with van der Waals surface area (Å²) in [6.45, 7) is 6.48. The predicted octanol–water partition coefficient (Wildman–Crippen LogP) is -1.18. The number of carboxylic acid groups (broad SMARTS) is 1. The summed E-state index contributed by atoms with van der Waals surface area (Å²) in [5.74, 6) is -2.71. The standard InChI is InChI=1S/C15H28N4O5/c1-8(2)5-10(14(23)18-7-12(21)22)19-11(20)6-17-15(24)13(16)9(3)4/h8-10,13H,5-7,16H2,1-4H3,(H,17,24)(H,18,23)(H,19,20)(H,21,22)/t10-,13-/m0/s1. The Hall–Kier alpha value is -2.16. The van der Waals surface area contributed by atoms with E-state index >= 15 is 0 Å². The molecule has 3 amide bonds. The number of amides is 3. The van der Waals surface area contributed by atoms with Crippen molar-refractivity contribution in [3.8, 4) is 0 Å². The van der Waals surface area contributed by atoms with Crippen LogP contribution >= 0.6 is 0 Å². The fourth-order valence-electron chi connectivity index (χ4n) is 1.82. The molecule has 0 aliphatic carbocycles. The van der Waals surface area contributed by atoms with Crippen molar-refractivity contribution < 1.29 is 24.3 Å². The van der Waals surface area contributed by atoms with Crippen molar-refractivity contribution in [1.29, 1.82) is 0 Å². The molecule has 0 aliphatic heterocycles. The molecule has 0 bridgehead atoms. The second-order valence-corrected chi connectivity index (χ2v) is 6.35. The van der Waals surface area contributed by atoms with Crippen LogP contribution in [0.3, 0.4) is 0 Å². The van der Waals surface area contributed by atoms with E-state index in [-0.39, 0.29) is 18.4 Å². The van der Waals surface area contributed by atoms with Crippen molar-refractivity contribution in [2.75, 3.05) is 13.1 Å². The summed E-state index contributed by atoms with van der Waals surface area (Å²) in [4.78, 5) is 46.1. The molecule has 0 saturated carbocycles. The Morgan fingerprint density at radius 2 is 1.50 bits per heavy atom. The first kappa shape index (κ1) is 21.8. The van der Waals surface area contributed by atoms with Gasteiger partial charge < -0.3 is 26.8 Å². The maximum atomic E-state index is 12.0. The van der Waals surface area contributed by atoms with E-state index in [1.54, 1.807) is 13.8 Å². The largest absolute Gasteiger partial charge is 0.480 e. The molecule has 0 unspecified atom stereocenters. The van der Waals surface area contributed by atoms with Crippen molar-refractivity contribution in [3.05, 3.63) is 0 Å². The van der Waals surface area contributed by atoms with E-state index in [2.05, 4.69) is 16.0 Å². The molecule has 0 aromatic carbocycles. The number of carboxylic acids is 1. The lowest BCUT2D eigenvalue weighted by atomic mass is 10.0. The van der Waals surface area contributed by atoms with Crippen LogP contribution in [-0.2, 0) is 19.2 Å².